The Morgan fingerprint density at radius 3 is 2.43 bits per heavy atom. The van der Waals surface area contributed by atoms with Gasteiger partial charge in [0.1, 0.15) is 23.0 Å². The highest BCUT2D eigenvalue weighted by atomic mass is 16.6. The number of cyclic esters (lactones) is 1. The van der Waals surface area contributed by atoms with Crippen molar-refractivity contribution in [3.05, 3.63) is 47.1 Å². The molecule has 2 rings (SSSR count). The minimum absolute atomic E-state index is 0.0117. The Morgan fingerprint density at radius 2 is 1.83 bits per heavy atom. The lowest BCUT2D eigenvalue weighted by molar-refractivity contribution is -0.149. The molecule has 1 heterocycles. The van der Waals surface area contributed by atoms with Crippen LogP contribution >= 0.6 is 0 Å². The highest BCUT2D eigenvalue weighted by Gasteiger charge is 2.53. The first kappa shape index (κ1) is 23.4. The summed E-state index contributed by atoms with van der Waals surface area (Å²) in [5.74, 6) is -3.09. The number of hydrogen-bond donors (Lipinski definition) is 2. The average Bonchev–Trinajstić information content (AvgIpc) is 2.82. The zero-order valence-corrected chi connectivity index (χ0v) is 18.2. The molecule has 2 N–H and O–H groups in total. The van der Waals surface area contributed by atoms with E-state index < -0.39 is 23.3 Å². The van der Waals surface area contributed by atoms with Crippen molar-refractivity contribution in [2.45, 2.75) is 59.5 Å². The fourth-order valence-corrected chi connectivity index (χ4v) is 3.81. The molecule has 0 spiro atoms. The van der Waals surface area contributed by atoms with E-state index >= 15 is 0 Å². The highest BCUT2D eigenvalue weighted by Crippen LogP contribution is 2.43. The third kappa shape index (κ3) is 5.38. The minimum Gasteiger partial charge on any atom is -0.508 e. The van der Waals surface area contributed by atoms with E-state index in [-0.39, 0.29) is 28.8 Å². The SMILES string of the molecule is CC(C)=CC(=O)C=C(C)CCC[C@]1(C)OC(=O)[C@@H](C(=O)c2ccc(O)cc2O)[C@@H]1C. The van der Waals surface area contributed by atoms with E-state index in [9.17, 15) is 24.6 Å². The highest BCUT2D eigenvalue weighted by molar-refractivity contribution is 6.11. The molecule has 1 saturated heterocycles. The number of rotatable bonds is 8. The van der Waals surface area contributed by atoms with Crippen LogP contribution in [0.2, 0.25) is 0 Å². The lowest BCUT2D eigenvalue weighted by Gasteiger charge is -2.28. The Hall–Kier alpha value is -2.89. The maximum absolute atomic E-state index is 12.9. The topological polar surface area (TPSA) is 101 Å². The van der Waals surface area contributed by atoms with Crippen LogP contribution in [0.1, 0.15) is 64.2 Å². The van der Waals surface area contributed by atoms with Gasteiger partial charge in [0.05, 0.1) is 5.56 Å². The summed E-state index contributed by atoms with van der Waals surface area (Å²) in [6.45, 7) is 9.24. The zero-order valence-electron chi connectivity index (χ0n) is 18.2. The van der Waals surface area contributed by atoms with Crippen molar-refractivity contribution in [1.82, 2.24) is 0 Å². The number of carbonyl (C=O) groups excluding carboxylic acids is 3. The molecule has 1 aliphatic rings. The van der Waals surface area contributed by atoms with Gasteiger partial charge in [-0.1, -0.05) is 18.1 Å². The van der Waals surface area contributed by atoms with E-state index in [2.05, 4.69) is 0 Å². The third-order valence-corrected chi connectivity index (χ3v) is 5.64. The van der Waals surface area contributed by atoms with Crippen LogP contribution in [-0.4, -0.2) is 33.3 Å². The van der Waals surface area contributed by atoms with Crippen LogP contribution in [0.3, 0.4) is 0 Å². The molecule has 0 bridgehead atoms. The molecule has 1 aromatic rings. The number of aromatic hydroxyl groups is 2. The summed E-state index contributed by atoms with van der Waals surface area (Å²) in [6, 6.07) is 3.67. The van der Waals surface area contributed by atoms with Crippen LogP contribution < -0.4 is 0 Å². The molecule has 0 aliphatic carbocycles. The molecule has 3 atom stereocenters. The number of esters is 1. The first-order valence-electron chi connectivity index (χ1n) is 10.1. The monoisotopic (exact) mass is 414 g/mol. The van der Waals surface area contributed by atoms with Crippen molar-refractivity contribution in [3.63, 3.8) is 0 Å². The van der Waals surface area contributed by atoms with E-state index in [4.69, 9.17) is 4.74 Å². The van der Waals surface area contributed by atoms with Crippen LogP contribution in [0.5, 0.6) is 11.5 Å². The normalized spacial score (nSPS) is 23.8. The molecule has 1 aliphatic heterocycles. The van der Waals surface area contributed by atoms with E-state index in [1.165, 1.54) is 12.1 Å². The fraction of sp³-hybridized carbons (Fsp3) is 0.458. The molecule has 6 nitrogen and oxygen atoms in total. The molecule has 30 heavy (non-hydrogen) atoms. The second-order valence-corrected chi connectivity index (χ2v) is 8.53. The van der Waals surface area contributed by atoms with Crippen molar-refractivity contribution in [3.8, 4) is 11.5 Å². The third-order valence-electron chi connectivity index (χ3n) is 5.64. The van der Waals surface area contributed by atoms with E-state index in [0.717, 1.165) is 17.2 Å². The minimum atomic E-state index is -1.01. The summed E-state index contributed by atoms with van der Waals surface area (Å²) >= 11 is 0. The van der Waals surface area contributed by atoms with Crippen molar-refractivity contribution >= 4 is 17.5 Å². The molecule has 162 valence electrons. The molecule has 0 unspecified atom stereocenters. The van der Waals surface area contributed by atoms with Gasteiger partial charge in [0, 0.05) is 12.0 Å². The van der Waals surface area contributed by atoms with Gasteiger partial charge in [-0.2, -0.15) is 0 Å². The fourth-order valence-electron chi connectivity index (χ4n) is 3.81. The largest absolute Gasteiger partial charge is 0.508 e. The summed E-state index contributed by atoms with van der Waals surface area (Å²) in [7, 11) is 0. The van der Waals surface area contributed by atoms with Crippen molar-refractivity contribution in [1.29, 1.82) is 0 Å². The number of ether oxygens (including phenoxy) is 1. The summed E-state index contributed by atoms with van der Waals surface area (Å²) in [5, 5.41) is 19.4. The molecule has 0 saturated carbocycles. The van der Waals surface area contributed by atoms with Gasteiger partial charge in [0.25, 0.3) is 0 Å². The molecular weight excluding hydrogens is 384 g/mol. The first-order chi connectivity index (χ1) is 13.9. The van der Waals surface area contributed by atoms with Gasteiger partial charge < -0.3 is 14.9 Å². The van der Waals surface area contributed by atoms with Crippen LogP contribution in [-0.2, 0) is 14.3 Å². The van der Waals surface area contributed by atoms with Gasteiger partial charge in [-0.15, -0.1) is 0 Å². The predicted octanol–water partition coefficient (Wildman–Crippen LogP) is 4.50. The Morgan fingerprint density at radius 1 is 1.17 bits per heavy atom. The lowest BCUT2D eigenvalue weighted by atomic mass is 9.77. The van der Waals surface area contributed by atoms with Gasteiger partial charge in [0.15, 0.2) is 11.6 Å². The smallest absolute Gasteiger partial charge is 0.317 e. The summed E-state index contributed by atoms with van der Waals surface area (Å²) in [6.07, 6.45) is 5.12. The van der Waals surface area contributed by atoms with Crippen molar-refractivity contribution < 1.29 is 29.3 Å². The number of phenolic OH excluding ortho intramolecular Hbond substituents is 2. The van der Waals surface area contributed by atoms with Gasteiger partial charge in [-0.3, -0.25) is 14.4 Å². The van der Waals surface area contributed by atoms with Crippen LogP contribution in [0.25, 0.3) is 0 Å². The number of ketones is 2. The van der Waals surface area contributed by atoms with Gasteiger partial charge in [-0.05, 0) is 71.2 Å². The molecular formula is C24H30O6. The predicted molar refractivity (Wildman–Crippen MR) is 113 cm³/mol. The molecule has 0 aromatic heterocycles. The quantitative estimate of drug-likeness (QED) is 0.281. The molecule has 1 aromatic carbocycles. The Balaban J connectivity index is 2.06. The zero-order chi connectivity index (χ0) is 22.6. The second kappa shape index (κ2) is 9.28. The Labute approximate surface area is 177 Å². The lowest BCUT2D eigenvalue weighted by Crippen LogP contribution is -2.33. The second-order valence-electron chi connectivity index (χ2n) is 8.53. The van der Waals surface area contributed by atoms with Gasteiger partial charge in [-0.25, -0.2) is 0 Å². The van der Waals surface area contributed by atoms with E-state index in [0.29, 0.717) is 19.3 Å². The Bertz CT molecular complexity index is 906. The summed E-state index contributed by atoms with van der Waals surface area (Å²) in [4.78, 5) is 37.2. The average molecular weight is 414 g/mol. The maximum atomic E-state index is 12.9. The number of hydrogen-bond acceptors (Lipinski definition) is 6. The molecule has 0 amide bonds. The summed E-state index contributed by atoms with van der Waals surface area (Å²) in [5.41, 5.74) is 1.06. The Kier molecular flexibility index (Phi) is 7.24. The number of Topliss-reactive ketones (excluding diaryl/α,β-unsaturated/α-hetero) is 1. The summed E-state index contributed by atoms with van der Waals surface area (Å²) < 4.78 is 5.61. The van der Waals surface area contributed by atoms with Crippen molar-refractivity contribution in [2.24, 2.45) is 11.8 Å². The van der Waals surface area contributed by atoms with Gasteiger partial charge in [0.2, 0.25) is 0 Å². The molecule has 0 radical (unpaired) electrons. The molecule has 1 fully saturated rings. The van der Waals surface area contributed by atoms with Crippen LogP contribution in [0, 0.1) is 11.8 Å². The molecule has 6 heteroatoms. The van der Waals surface area contributed by atoms with E-state index in [1.807, 2.05) is 27.7 Å². The van der Waals surface area contributed by atoms with Crippen LogP contribution in [0.4, 0.5) is 0 Å². The number of phenols is 2. The number of allylic oxidation sites excluding steroid dienone is 4. The van der Waals surface area contributed by atoms with E-state index in [1.54, 1.807) is 19.1 Å². The first-order valence-corrected chi connectivity index (χ1v) is 10.1. The van der Waals surface area contributed by atoms with Crippen LogP contribution in [0.15, 0.2) is 41.5 Å². The van der Waals surface area contributed by atoms with Crippen molar-refractivity contribution in [2.75, 3.05) is 0 Å². The number of benzene rings is 1. The number of carbonyl (C=O) groups is 3. The van der Waals surface area contributed by atoms with Gasteiger partial charge >= 0.3 is 5.97 Å². The standard InChI is InChI=1S/C24H30O6/c1-14(2)11-18(26)12-15(3)7-6-10-24(5)16(4)21(23(29)30-24)22(28)19-9-8-17(25)13-20(19)27/h8-9,11-13,16,21,25,27H,6-7,10H2,1-5H3/t16-,21+,24-/m0/s1. The maximum Gasteiger partial charge on any atom is 0.317 e.